The van der Waals surface area contributed by atoms with Crippen molar-refractivity contribution in [1.82, 2.24) is 5.32 Å². The molecule has 3 rings (SSSR count). The van der Waals surface area contributed by atoms with E-state index in [1.165, 1.54) is 0 Å². The largest absolute Gasteiger partial charge is 0.487 e. The van der Waals surface area contributed by atoms with Crippen molar-refractivity contribution >= 4 is 5.69 Å². The Bertz CT molecular complexity index is 550. The third-order valence-corrected chi connectivity index (χ3v) is 3.65. The molecule has 1 aromatic carbocycles. The summed E-state index contributed by atoms with van der Waals surface area (Å²) in [6, 6.07) is 3.25. The van der Waals surface area contributed by atoms with Gasteiger partial charge in [0.05, 0.1) is 4.92 Å². The van der Waals surface area contributed by atoms with Crippen molar-refractivity contribution in [2.45, 2.75) is 38.4 Å². The minimum Gasteiger partial charge on any atom is -0.487 e. The Kier molecular flexibility index (Phi) is 3.05. The number of ether oxygens (including phenoxy) is 2. The van der Waals surface area contributed by atoms with Crippen LogP contribution in [-0.2, 0) is 6.42 Å². The zero-order valence-electron chi connectivity index (χ0n) is 11.6. The molecule has 6 heteroatoms. The Morgan fingerprint density at radius 2 is 2.30 bits per heavy atom. The van der Waals surface area contributed by atoms with E-state index in [0.717, 1.165) is 25.1 Å². The van der Waals surface area contributed by atoms with Gasteiger partial charge in [0.15, 0.2) is 0 Å². The highest BCUT2D eigenvalue weighted by atomic mass is 16.6. The zero-order valence-corrected chi connectivity index (χ0v) is 11.6. The molecule has 108 valence electrons. The maximum atomic E-state index is 11.2. The highest BCUT2D eigenvalue weighted by molar-refractivity contribution is 5.57. The third-order valence-electron chi connectivity index (χ3n) is 3.65. The fourth-order valence-corrected chi connectivity index (χ4v) is 2.76. The molecule has 1 atom stereocenters. The molecule has 20 heavy (non-hydrogen) atoms. The first-order chi connectivity index (χ1) is 9.44. The summed E-state index contributed by atoms with van der Waals surface area (Å²) >= 11 is 0. The molecule has 0 radical (unpaired) electrons. The van der Waals surface area contributed by atoms with Crippen LogP contribution < -0.4 is 14.8 Å². The first-order valence-electron chi connectivity index (χ1n) is 6.82. The van der Waals surface area contributed by atoms with Crippen molar-refractivity contribution in [3.63, 3.8) is 0 Å². The molecule has 0 saturated carbocycles. The van der Waals surface area contributed by atoms with Crippen LogP contribution >= 0.6 is 0 Å². The van der Waals surface area contributed by atoms with Gasteiger partial charge in [-0.05, 0) is 26.8 Å². The first-order valence-corrected chi connectivity index (χ1v) is 6.82. The summed E-state index contributed by atoms with van der Waals surface area (Å²) in [6.45, 7) is 5.55. The van der Waals surface area contributed by atoms with Crippen molar-refractivity contribution in [2.75, 3.05) is 13.1 Å². The molecule has 0 aromatic heterocycles. The highest BCUT2D eigenvalue weighted by Crippen LogP contribution is 2.42. The van der Waals surface area contributed by atoms with Gasteiger partial charge >= 0.3 is 5.69 Å². The average molecular weight is 278 g/mol. The lowest BCUT2D eigenvalue weighted by molar-refractivity contribution is -0.386. The topological polar surface area (TPSA) is 73.6 Å². The van der Waals surface area contributed by atoms with Gasteiger partial charge in [0.2, 0.25) is 5.75 Å². The van der Waals surface area contributed by atoms with Gasteiger partial charge in [-0.15, -0.1) is 0 Å². The second-order valence-corrected chi connectivity index (χ2v) is 5.96. The van der Waals surface area contributed by atoms with E-state index in [2.05, 4.69) is 5.32 Å². The molecule has 1 aromatic rings. The van der Waals surface area contributed by atoms with E-state index in [4.69, 9.17) is 9.47 Å². The van der Waals surface area contributed by atoms with E-state index >= 15 is 0 Å². The predicted octanol–water partition coefficient (Wildman–Crippen LogP) is 2.05. The van der Waals surface area contributed by atoms with E-state index in [-0.39, 0.29) is 22.3 Å². The number of hydrogen-bond acceptors (Lipinski definition) is 5. The van der Waals surface area contributed by atoms with Crippen LogP contribution in [0.1, 0.15) is 25.8 Å². The van der Waals surface area contributed by atoms with Crippen LogP contribution in [0.3, 0.4) is 0 Å². The normalized spacial score (nSPS) is 23.2. The summed E-state index contributed by atoms with van der Waals surface area (Å²) < 4.78 is 11.6. The summed E-state index contributed by atoms with van der Waals surface area (Å²) in [7, 11) is 0. The molecule has 2 aliphatic rings. The SMILES string of the molecule is CC1(C)Cc2cc([N+](=O)[O-])c(OC3CCNC3)cc2O1. The minimum atomic E-state index is -0.386. The molecule has 6 nitrogen and oxygen atoms in total. The van der Waals surface area contributed by atoms with E-state index in [9.17, 15) is 10.1 Å². The van der Waals surface area contributed by atoms with Gasteiger partial charge in [-0.1, -0.05) is 0 Å². The molecule has 1 saturated heterocycles. The molecular weight excluding hydrogens is 260 g/mol. The zero-order chi connectivity index (χ0) is 14.3. The number of fused-ring (bicyclic) bond motifs is 1. The van der Waals surface area contributed by atoms with Crippen molar-refractivity contribution in [3.05, 3.63) is 27.8 Å². The number of nitrogens with one attached hydrogen (secondary N) is 1. The van der Waals surface area contributed by atoms with Crippen LogP contribution in [0.15, 0.2) is 12.1 Å². The van der Waals surface area contributed by atoms with Crippen molar-refractivity contribution in [2.24, 2.45) is 0 Å². The summed E-state index contributed by atoms with van der Waals surface area (Å²) in [4.78, 5) is 10.8. The van der Waals surface area contributed by atoms with Gasteiger partial charge in [-0.3, -0.25) is 10.1 Å². The molecule has 0 amide bonds. The van der Waals surface area contributed by atoms with Gasteiger partial charge in [0, 0.05) is 30.7 Å². The lowest BCUT2D eigenvalue weighted by Crippen LogP contribution is -2.24. The van der Waals surface area contributed by atoms with Crippen LogP contribution in [0.5, 0.6) is 11.5 Å². The van der Waals surface area contributed by atoms with Gasteiger partial charge in [0.1, 0.15) is 17.5 Å². The number of benzene rings is 1. The summed E-state index contributed by atoms with van der Waals surface area (Å²) in [6.07, 6.45) is 1.52. The van der Waals surface area contributed by atoms with Crippen molar-refractivity contribution < 1.29 is 14.4 Å². The van der Waals surface area contributed by atoms with Gasteiger partial charge in [0.25, 0.3) is 0 Å². The fraction of sp³-hybridized carbons (Fsp3) is 0.571. The van der Waals surface area contributed by atoms with Gasteiger partial charge < -0.3 is 14.8 Å². The van der Waals surface area contributed by atoms with E-state index in [1.54, 1.807) is 12.1 Å². The number of hydrogen-bond donors (Lipinski definition) is 1. The van der Waals surface area contributed by atoms with E-state index in [0.29, 0.717) is 17.9 Å². The van der Waals surface area contributed by atoms with Crippen molar-refractivity contribution in [3.8, 4) is 11.5 Å². The Morgan fingerprint density at radius 3 is 2.95 bits per heavy atom. The highest BCUT2D eigenvalue weighted by Gasteiger charge is 2.34. The summed E-state index contributed by atoms with van der Waals surface area (Å²) in [5.41, 5.74) is 0.583. The molecule has 1 N–H and O–H groups in total. The quantitative estimate of drug-likeness (QED) is 0.676. The smallest absolute Gasteiger partial charge is 0.311 e. The van der Waals surface area contributed by atoms with Gasteiger partial charge in [-0.2, -0.15) is 0 Å². The summed E-state index contributed by atoms with van der Waals surface area (Å²) in [5, 5.41) is 14.4. The molecule has 2 heterocycles. The standard InChI is InChI=1S/C14H18N2O4/c1-14(2)7-9-5-11(16(17)18)13(6-12(9)20-14)19-10-3-4-15-8-10/h5-6,10,15H,3-4,7-8H2,1-2H3. The molecule has 0 bridgehead atoms. The van der Waals surface area contributed by atoms with E-state index in [1.807, 2.05) is 13.8 Å². The molecule has 0 spiro atoms. The van der Waals surface area contributed by atoms with Crippen LogP contribution in [0, 0.1) is 10.1 Å². The lowest BCUT2D eigenvalue weighted by Gasteiger charge is -2.17. The monoisotopic (exact) mass is 278 g/mol. The van der Waals surface area contributed by atoms with Crippen LogP contribution in [0.4, 0.5) is 5.69 Å². The minimum absolute atomic E-state index is 0.0128. The Morgan fingerprint density at radius 1 is 1.50 bits per heavy atom. The molecule has 0 aliphatic carbocycles. The van der Waals surface area contributed by atoms with E-state index < -0.39 is 0 Å². The lowest BCUT2D eigenvalue weighted by atomic mass is 10.0. The number of nitro benzene ring substituents is 1. The molecule has 1 unspecified atom stereocenters. The second kappa shape index (κ2) is 4.63. The van der Waals surface area contributed by atoms with Crippen LogP contribution in [-0.4, -0.2) is 29.7 Å². The fourth-order valence-electron chi connectivity index (χ4n) is 2.76. The molecule has 1 fully saturated rings. The third kappa shape index (κ3) is 2.43. The maximum absolute atomic E-state index is 11.2. The predicted molar refractivity (Wildman–Crippen MR) is 73.4 cm³/mol. The Balaban J connectivity index is 1.94. The Labute approximate surface area is 117 Å². The summed E-state index contributed by atoms with van der Waals surface area (Å²) in [5.74, 6) is 1.00. The maximum Gasteiger partial charge on any atom is 0.311 e. The average Bonchev–Trinajstić information content (AvgIpc) is 2.93. The second-order valence-electron chi connectivity index (χ2n) is 5.96. The Hall–Kier alpha value is -1.82. The number of rotatable bonds is 3. The van der Waals surface area contributed by atoms with Crippen molar-refractivity contribution in [1.29, 1.82) is 0 Å². The van der Waals surface area contributed by atoms with Crippen LogP contribution in [0.25, 0.3) is 0 Å². The number of nitrogens with zero attached hydrogens (tertiary/aromatic N) is 1. The van der Waals surface area contributed by atoms with Crippen LogP contribution in [0.2, 0.25) is 0 Å². The number of nitro groups is 1. The molecular formula is C14H18N2O4. The van der Waals surface area contributed by atoms with Gasteiger partial charge in [-0.25, -0.2) is 0 Å². The first kappa shape index (κ1) is 13.2. The molecule has 2 aliphatic heterocycles.